The van der Waals surface area contributed by atoms with E-state index < -0.39 is 36.0 Å². The van der Waals surface area contributed by atoms with E-state index in [1.807, 2.05) is 0 Å². The summed E-state index contributed by atoms with van der Waals surface area (Å²) in [4.78, 5) is 26.2. The number of aromatic nitrogens is 2. The fraction of sp³-hybridized carbons (Fsp3) is 0.312. The molecular weight excluding hydrogens is 429 g/mol. The second-order valence-corrected chi connectivity index (χ2v) is 6.93. The van der Waals surface area contributed by atoms with Gasteiger partial charge in [0.05, 0.1) is 11.3 Å². The van der Waals surface area contributed by atoms with Crippen LogP contribution < -0.4 is 16.5 Å². The normalized spacial score (nSPS) is 12.7. The molecule has 162 valence electrons. The Morgan fingerprint density at radius 2 is 2.10 bits per heavy atom. The average molecular weight is 446 g/mol. The number of alkyl halides is 2. The van der Waals surface area contributed by atoms with E-state index in [-0.39, 0.29) is 34.0 Å². The summed E-state index contributed by atoms with van der Waals surface area (Å²) in [5.74, 6) is -2.40. The number of nitrogens with one attached hydrogen (secondary N) is 2. The Bertz CT molecular complexity index is 939. The van der Waals surface area contributed by atoms with Crippen LogP contribution in [-0.2, 0) is 9.59 Å². The van der Waals surface area contributed by atoms with Crippen molar-refractivity contribution in [2.45, 2.75) is 30.8 Å². The van der Waals surface area contributed by atoms with E-state index in [0.717, 1.165) is 30.0 Å². The quantitative estimate of drug-likeness (QED) is 0.149. The number of rotatable bonds is 9. The monoisotopic (exact) mass is 446 g/mol. The van der Waals surface area contributed by atoms with Gasteiger partial charge >= 0.3 is 0 Å². The van der Waals surface area contributed by atoms with Crippen molar-refractivity contribution in [1.29, 1.82) is 0 Å². The predicted molar refractivity (Wildman–Crippen MR) is 98.9 cm³/mol. The SMILES string of the molecule is C[C@H](CSc1nonc1C(=Nc1ccc(F)c(C(F)F)c1)NO)NC(=O)CC(N)=O. The van der Waals surface area contributed by atoms with E-state index in [0.29, 0.717) is 0 Å². The van der Waals surface area contributed by atoms with Crippen molar-refractivity contribution in [1.82, 2.24) is 21.1 Å². The van der Waals surface area contributed by atoms with Gasteiger partial charge in [-0.3, -0.25) is 20.3 Å². The molecule has 0 saturated carbocycles. The molecule has 2 rings (SSSR count). The zero-order valence-electron chi connectivity index (χ0n) is 15.4. The first-order valence-electron chi connectivity index (χ1n) is 8.31. The summed E-state index contributed by atoms with van der Waals surface area (Å²) in [6, 6.07) is 2.39. The molecule has 2 amide bonds. The molecule has 0 radical (unpaired) electrons. The Balaban J connectivity index is 2.13. The molecular formula is C16H17F3N6O4S. The van der Waals surface area contributed by atoms with Crippen LogP contribution in [0.4, 0.5) is 18.9 Å². The number of hydroxylamine groups is 1. The molecule has 0 aliphatic carbocycles. The average Bonchev–Trinajstić information content (AvgIpc) is 3.13. The van der Waals surface area contributed by atoms with Crippen LogP contribution >= 0.6 is 11.8 Å². The van der Waals surface area contributed by atoms with Crippen molar-refractivity contribution in [3.8, 4) is 0 Å². The van der Waals surface area contributed by atoms with E-state index >= 15 is 0 Å². The van der Waals surface area contributed by atoms with Gasteiger partial charge in [0, 0.05) is 11.8 Å². The van der Waals surface area contributed by atoms with Crippen LogP contribution in [0.5, 0.6) is 0 Å². The minimum atomic E-state index is -3.04. The van der Waals surface area contributed by atoms with Crippen LogP contribution in [0.15, 0.2) is 32.8 Å². The Hall–Kier alpha value is -3.13. The van der Waals surface area contributed by atoms with Gasteiger partial charge in [-0.2, -0.15) is 0 Å². The lowest BCUT2D eigenvalue weighted by Crippen LogP contribution is -2.36. The summed E-state index contributed by atoms with van der Waals surface area (Å²) < 4.78 is 43.8. The molecule has 0 aliphatic heterocycles. The summed E-state index contributed by atoms with van der Waals surface area (Å²) in [7, 11) is 0. The van der Waals surface area contributed by atoms with Gasteiger partial charge in [-0.1, -0.05) is 11.8 Å². The van der Waals surface area contributed by atoms with E-state index in [4.69, 9.17) is 5.73 Å². The maximum Gasteiger partial charge on any atom is 0.266 e. The number of hydrogen-bond acceptors (Lipinski definition) is 8. The molecule has 0 aliphatic rings. The molecule has 0 saturated heterocycles. The smallest absolute Gasteiger partial charge is 0.266 e. The maximum atomic E-state index is 13.4. The van der Waals surface area contributed by atoms with Gasteiger partial charge in [0.15, 0.2) is 16.6 Å². The number of carbonyl (C=O) groups excluding carboxylic acids is 2. The molecule has 0 fully saturated rings. The number of amidine groups is 1. The number of nitrogens with zero attached hydrogens (tertiary/aromatic N) is 3. The number of aliphatic imine (C=N–C) groups is 1. The van der Waals surface area contributed by atoms with Crippen molar-refractivity contribution in [3.05, 3.63) is 35.3 Å². The summed E-state index contributed by atoms with van der Waals surface area (Å²) in [5, 5.41) is 19.4. The number of thioether (sulfide) groups is 1. The number of benzene rings is 1. The van der Waals surface area contributed by atoms with Gasteiger partial charge in [0.1, 0.15) is 12.2 Å². The Kier molecular flexibility index (Phi) is 8.17. The zero-order chi connectivity index (χ0) is 22.3. The lowest BCUT2D eigenvalue weighted by molar-refractivity contribution is -0.127. The highest BCUT2D eigenvalue weighted by Gasteiger charge is 2.20. The van der Waals surface area contributed by atoms with Crippen LogP contribution in [0.3, 0.4) is 0 Å². The Morgan fingerprint density at radius 1 is 1.37 bits per heavy atom. The summed E-state index contributed by atoms with van der Waals surface area (Å²) >= 11 is 1.08. The molecule has 10 nitrogen and oxygen atoms in total. The van der Waals surface area contributed by atoms with Gasteiger partial charge in [0.2, 0.25) is 11.8 Å². The van der Waals surface area contributed by atoms with E-state index in [2.05, 4.69) is 25.3 Å². The Labute approximate surface area is 172 Å². The predicted octanol–water partition coefficient (Wildman–Crippen LogP) is 1.68. The van der Waals surface area contributed by atoms with Crippen LogP contribution in [0.1, 0.15) is 31.0 Å². The highest BCUT2D eigenvalue weighted by Crippen LogP contribution is 2.27. The molecule has 14 heteroatoms. The molecule has 5 N–H and O–H groups in total. The molecule has 1 atom stereocenters. The molecule has 1 aromatic carbocycles. The van der Waals surface area contributed by atoms with Crippen molar-refractivity contribution >= 4 is 35.1 Å². The van der Waals surface area contributed by atoms with Crippen molar-refractivity contribution in [2.75, 3.05) is 5.75 Å². The third-order valence-corrected chi connectivity index (χ3v) is 4.66. The highest BCUT2D eigenvalue weighted by molar-refractivity contribution is 7.99. The number of primary amides is 1. The van der Waals surface area contributed by atoms with Crippen molar-refractivity contribution < 1.29 is 32.6 Å². The van der Waals surface area contributed by atoms with Gasteiger partial charge in [-0.15, -0.1) is 0 Å². The lowest BCUT2D eigenvalue weighted by Gasteiger charge is -2.12. The molecule has 1 aromatic heterocycles. The van der Waals surface area contributed by atoms with Crippen LogP contribution in [-0.4, -0.2) is 45.0 Å². The van der Waals surface area contributed by atoms with Gasteiger partial charge in [-0.05, 0) is 35.4 Å². The molecule has 0 spiro atoms. The fourth-order valence-electron chi connectivity index (χ4n) is 2.18. The largest absolute Gasteiger partial charge is 0.369 e. The first-order valence-corrected chi connectivity index (χ1v) is 9.29. The second-order valence-electron chi connectivity index (χ2n) is 5.92. The maximum absolute atomic E-state index is 13.4. The third kappa shape index (κ3) is 6.45. The third-order valence-electron chi connectivity index (χ3n) is 3.46. The van der Waals surface area contributed by atoms with Crippen molar-refractivity contribution in [3.63, 3.8) is 0 Å². The number of halogens is 3. The fourth-order valence-corrected chi connectivity index (χ4v) is 3.03. The van der Waals surface area contributed by atoms with Crippen LogP contribution in [0.2, 0.25) is 0 Å². The van der Waals surface area contributed by atoms with Crippen molar-refractivity contribution in [2.24, 2.45) is 10.7 Å². The topological polar surface area (TPSA) is 156 Å². The second kappa shape index (κ2) is 10.6. The summed E-state index contributed by atoms with van der Waals surface area (Å²) in [6.45, 7) is 1.67. The number of hydrogen-bond donors (Lipinski definition) is 4. The minimum Gasteiger partial charge on any atom is -0.369 e. The number of carbonyl (C=O) groups is 2. The summed E-state index contributed by atoms with van der Waals surface area (Å²) in [6.07, 6.45) is -3.49. The minimum absolute atomic E-state index is 0.0407. The number of nitrogens with two attached hydrogens (primary N) is 1. The molecule has 0 unspecified atom stereocenters. The van der Waals surface area contributed by atoms with Gasteiger partial charge in [-0.25, -0.2) is 22.8 Å². The molecule has 30 heavy (non-hydrogen) atoms. The number of amides is 2. The van der Waals surface area contributed by atoms with Crippen LogP contribution in [0.25, 0.3) is 0 Å². The standard InChI is InChI=1S/C16H17F3N6O4S/c1-7(21-12(27)5-11(20)26)6-30-16-13(24-29-25-16)15(23-28)22-8-2-3-10(17)9(4-8)14(18)19/h2-4,7,14,28H,5-6H2,1H3,(H2,20,26)(H,21,27)(H,22,23)/t7-/m1/s1. The van der Waals surface area contributed by atoms with E-state index in [9.17, 15) is 28.0 Å². The Morgan fingerprint density at radius 3 is 2.73 bits per heavy atom. The molecule has 0 bridgehead atoms. The van der Waals surface area contributed by atoms with Crippen LogP contribution in [0, 0.1) is 5.82 Å². The first kappa shape index (κ1) is 23.2. The highest BCUT2D eigenvalue weighted by atomic mass is 32.2. The first-order chi connectivity index (χ1) is 14.2. The summed E-state index contributed by atoms with van der Waals surface area (Å²) in [5.41, 5.74) is 5.75. The van der Waals surface area contributed by atoms with Gasteiger partial charge < -0.3 is 11.1 Å². The molecule has 1 heterocycles. The zero-order valence-corrected chi connectivity index (χ0v) is 16.3. The van der Waals surface area contributed by atoms with E-state index in [1.54, 1.807) is 12.4 Å². The van der Waals surface area contributed by atoms with E-state index in [1.165, 1.54) is 0 Å². The molecule has 2 aromatic rings. The van der Waals surface area contributed by atoms with Gasteiger partial charge in [0.25, 0.3) is 6.43 Å². The lowest BCUT2D eigenvalue weighted by atomic mass is 10.2.